The van der Waals surface area contributed by atoms with E-state index < -0.39 is 12.0 Å². The van der Waals surface area contributed by atoms with Gasteiger partial charge in [-0.05, 0) is 29.8 Å². The van der Waals surface area contributed by atoms with Crippen molar-refractivity contribution in [1.82, 2.24) is 0 Å². The highest BCUT2D eigenvalue weighted by molar-refractivity contribution is 6.31. The molecule has 21 heavy (non-hydrogen) atoms. The molecule has 106 valence electrons. The fourth-order valence-corrected chi connectivity index (χ4v) is 2.79. The van der Waals surface area contributed by atoms with E-state index in [2.05, 4.69) is 0 Å². The van der Waals surface area contributed by atoms with E-state index in [0.29, 0.717) is 22.7 Å². The number of halogens is 1. The largest absolute Gasteiger partial charge is 0.480 e. The number of aliphatic carboxylic acids is 1. The molecule has 1 N–H and O–H groups in total. The standard InChI is InChI=1S/C16H12ClNO3/c17-12-6-3-5-11(8-12)15(19)18-13-7-2-1-4-10(13)9-14(18)16(20)21/h1-8,14H,9H2,(H,20,21). The first kappa shape index (κ1) is 13.6. The van der Waals surface area contributed by atoms with Gasteiger partial charge in [0, 0.05) is 22.7 Å². The quantitative estimate of drug-likeness (QED) is 0.927. The fourth-order valence-electron chi connectivity index (χ4n) is 2.60. The van der Waals surface area contributed by atoms with Gasteiger partial charge in [0.1, 0.15) is 6.04 Å². The summed E-state index contributed by atoms with van der Waals surface area (Å²) in [6.07, 6.45) is 0.317. The fraction of sp³-hybridized carbons (Fsp3) is 0.125. The van der Waals surface area contributed by atoms with E-state index in [-0.39, 0.29) is 5.91 Å². The Morgan fingerprint density at radius 2 is 1.90 bits per heavy atom. The Morgan fingerprint density at radius 3 is 2.62 bits per heavy atom. The van der Waals surface area contributed by atoms with Gasteiger partial charge in [-0.1, -0.05) is 35.9 Å². The minimum atomic E-state index is -1.01. The average Bonchev–Trinajstić information content (AvgIpc) is 2.86. The van der Waals surface area contributed by atoms with Crippen LogP contribution in [0.3, 0.4) is 0 Å². The highest BCUT2D eigenvalue weighted by Crippen LogP contribution is 2.33. The monoisotopic (exact) mass is 301 g/mol. The number of carboxylic acid groups (broad SMARTS) is 1. The summed E-state index contributed by atoms with van der Waals surface area (Å²) in [7, 11) is 0. The van der Waals surface area contributed by atoms with Gasteiger partial charge in [-0.3, -0.25) is 9.69 Å². The van der Waals surface area contributed by atoms with Crippen LogP contribution in [0.5, 0.6) is 0 Å². The second-order valence-electron chi connectivity index (χ2n) is 4.87. The molecule has 4 nitrogen and oxygen atoms in total. The van der Waals surface area contributed by atoms with Crippen molar-refractivity contribution in [2.45, 2.75) is 12.5 Å². The summed E-state index contributed by atoms with van der Waals surface area (Å²) >= 11 is 5.91. The summed E-state index contributed by atoms with van der Waals surface area (Å²) in [5.41, 5.74) is 1.89. The third kappa shape index (κ3) is 2.38. The average molecular weight is 302 g/mol. The first-order valence-corrected chi connectivity index (χ1v) is 6.85. The molecule has 0 spiro atoms. The number of hydrogen-bond donors (Lipinski definition) is 1. The van der Waals surface area contributed by atoms with Crippen LogP contribution in [-0.2, 0) is 11.2 Å². The number of fused-ring (bicyclic) bond motifs is 1. The van der Waals surface area contributed by atoms with Gasteiger partial charge in [-0.15, -0.1) is 0 Å². The van der Waals surface area contributed by atoms with Crippen LogP contribution in [-0.4, -0.2) is 23.0 Å². The number of anilines is 1. The van der Waals surface area contributed by atoms with Gasteiger partial charge in [0.05, 0.1) is 0 Å². The van der Waals surface area contributed by atoms with Crippen molar-refractivity contribution in [1.29, 1.82) is 0 Å². The number of para-hydroxylation sites is 1. The predicted molar refractivity (Wildman–Crippen MR) is 79.8 cm³/mol. The minimum absolute atomic E-state index is 0.317. The Kier molecular flexibility index (Phi) is 3.39. The Hall–Kier alpha value is -2.33. The zero-order chi connectivity index (χ0) is 15.0. The number of hydrogen-bond acceptors (Lipinski definition) is 2. The van der Waals surface area contributed by atoms with Crippen LogP contribution in [0.15, 0.2) is 48.5 Å². The lowest BCUT2D eigenvalue weighted by molar-refractivity contribution is -0.138. The first-order chi connectivity index (χ1) is 10.1. The van der Waals surface area contributed by atoms with Gasteiger partial charge < -0.3 is 5.11 Å². The van der Waals surface area contributed by atoms with Crippen LogP contribution < -0.4 is 4.90 Å². The maximum atomic E-state index is 12.7. The van der Waals surface area contributed by atoms with Gasteiger partial charge in [-0.25, -0.2) is 4.79 Å². The Balaban J connectivity index is 2.05. The zero-order valence-corrected chi connectivity index (χ0v) is 11.7. The van der Waals surface area contributed by atoms with Gasteiger partial charge in [0.2, 0.25) is 0 Å². The van der Waals surface area contributed by atoms with Gasteiger partial charge >= 0.3 is 5.97 Å². The maximum Gasteiger partial charge on any atom is 0.327 e. The molecule has 0 saturated carbocycles. The lowest BCUT2D eigenvalue weighted by atomic mass is 10.1. The van der Waals surface area contributed by atoms with Crippen molar-refractivity contribution in [3.05, 3.63) is 64.7 Å². The van der Waals surface area contributed by atoms with E-state index in [4.69, 9.17) is 11.6 Å². The Morgan fingerprint density at radius 1 is 1.14 bits per heavy atom. The number of nitrogens with zero attached hydrogens (tertiary/aromatic N) is 1. The summed E-state index contributed by atoms with van der Waals surface area (Å²) in [6, 6.07) is 12.9. The third-order valence-corrected chi connectivity index (χ3v) is 3.79. The first-order valence-electron chi connectivity index (χ1n) is 6.48. The second kappa shape index (κ2) is 5.22. The molecule has 3 rings (SSSR count). The van der Waals surface area contributed by atoms with E-state index in [1.165, 1.54) is 4.90 Å². The molecule has 5 heteroatoms. The smallest absolute Gasteiger partial charge is 0.327 e. The molecular weight excluding hydrogens is 290 g/mol. The van der Waals surface area contributed by atoms with Crippen molar-refractivity contribution < 1.29 is 14.7 Å². The molecule has 2 aromatic rings. The molecule has 1 aliphatic heterocycles. The Labute approximate surface area is 126 Å². The third-order valence-electron chi connectivity index (χ3n) is 3.55. The molecule has 1 amide bonds. The Bertz CT molecular complexity index is 729. The van der Waals surface area contributed by atoms with E-state index in [1.54, 1.807) is 36.4 Å². The summed E-state index contributed by atoms with van der Waals surface area (Å²) < 4.78 is 0. The normalized spacial score (nSPS) is 16.6. The van der Waals surface area contributed by atoms with E-state index in [9.17, 15) is 14.7 Å². The lowest BCUT2D eigenvalue weighted by Gasteiger charge is -2.22. The van der Waals surface area contributed by atoms with Crippen LogP contribution in [0.1, 0.15) is 15.9 Å². The molecule has 0 fully saturated rings. The molecular formula is C16H12ClNO3. The molecule has 1 aliphatic rings. The number of rotatable bonds is 2. The van der Waals surface area contributed by atoms with Crippen LogP contribution >= 0.6 is 11.6 Å². The van der Waals surface area contributed by atoms with Crippen LogP contribution in [0.2, 0.25) is 5.02 Å². The predicted octanol–water partition coefficient (Wildman–Crippen LogP) is 3.00. The molecule has 0 bridgehead atoms. The van der Waals surface area contributed by atoms with Crippen molar-refractivity contribution in [3.63, 3.8) is 0 Å². The maximum absolute atomic E-state index is 12.7. The van der Waals surface area contributed by atoms with Crippen LogP contribution in [0.25, 0.3) is 0 Å². The topological polar surface area (TPSA) is 57.6 Å². The number of carbonyl (C=O) groups is 2. The minimum Gasteiger partial charge on any atom is -0.480 e. The summed E-state index contributed by atoms with van der Waals surface area (Å²) in [5.74, 6) is -1.36. The summed E-state index contributed by atoms with van der Waals surface area (Å²) in [6.45, 7) is 0. The second-order valence-corrected chi connectivity index (χ2v) is 5.31. The molecule has 2 aromatic carbocycles. The molecule has 1 heterocycles. The molecule has 1 unspecified atom stereocenters. The van der Waals surface area contributed by atoms with Crippen molar-refractivity contribution in [2.75, 3.05) is 4.90 Å². The van der Waals surface area contributed by atoms with Crippen LogP contribution in [0.4, 0.5) is 5.69 Å². The zero-order valence-electron chi connectivity index (χ0n) is 11.0. The van der Waals surface area contributed by atoms with Crippen molar-refractivity contribution in [3.8, 4) is 0 Å². The molecule has 0 saturated heterocycles. The molecule has 1 atom stereocenters. The number of benzene rings is 2. The van der Waals surface area contributed by atoms with Crippen LogP contribution in [0, 0.1) is 0 Å². The van der Waals surface area contributed by atoms with E-state index in [0.717, 1.165) is 5.56 Å². The number of carbonyl (C=O) groups excluding carboxylic acids is 1. The van der Waals surface area contributed by atoms with Gasteiger partial charge in [-0.2, -0.15) is 0 Å². The highest BCUT2D eigenvalue weighted by Gasteiger charge is 2.38. The molecule has 0 aromatic heterocycles. The molecule has 0 radical (unpaired) electrons. The number of amides is 1. The van der Waals surface area contributed by atoms with E-state index in [1.807, 2.05) is 12.1 Å². The van der Waals surface area contributed by atoms with Gasteiger partial charge in [0.25, 0.3) is 5.91 Å². The van der Waals surface area contributed by atoms with E-state index >= 15 is 0 Å². The summed E-state index contributed by atoms with van der Waals surface area (Å²) in [5, 5.41) is 9.83. The summed E-state index contributed by atoms with van der Waals surface area (Å²) in [4.78, 5) is 25.5. The SMILES string of the molecule is O=C(O)C1Cc2ccccc2N1C(=O)c1cccc(Cl)c1. The molecule has 0 aliphatic carbocycles. The van der Waals surface area contributed by atoms with Crippen molar-refractivity contribution in [2.24, 2.45) is 0 Å². The van der Waals surface area contributed by atoms with Gasteiger partial charge in [0.15, 0.2) is 0 Å². The van der Waals surface area contributed by atoms with Crippen molar-refractivity contribution >= 4 is 29.2 Å². The number of carboxylic acids is 1. The lowest BCUT2D eigenvalue weighted by Crippen LogP contribution is -2.42. The highest BCUT2D eigenvalue weighted by atomic mass is 35.5.